The van der Waals surface area contributed by atoms with Gasteiger partial charge in [0.1, 0.15) is 5.82 Å². The van der Waals surface area contributed by atoms with E-state index in [0.29, 0.717) is 5.69 Å². The lowest BCUT2D eigenvalue weighted by Crippen LogP contribution is -2.63. The summed E-state index contributed by atoms with van der Waals surface area (Å²) in [5.74, 6) is 0.568. The standard InChI is InChI=1S/C21H23FN4O/c1-4-26-12-21(22,13-26)20(27)9-18-8-17-7-15(5-6-16(17)10-24-18)19-11-23-14(2)25(19)3/h5-8,10-11H,4,9,12-13H2,1-3H3. The first-order valence-electron chi connectivity index (χ1n) is 9.21. The molecule has 1 aliphatic rings. The fraction of sp³-hybridized carbons (Fsp3) is 0.381. The van der Waals surface area contributed by atoms with Crippen molar-refractivity contribution in [1.29, 1.82) is 0 Å². The Hall–Kier alpha value is -2.60. The van der Waals surface area contributed by atoms with Crippen LogP contribution in [0.25, 0.3) is 22.0 Å². The number of nitrogens with zero attached hydrogens (tertiary/aromatic N) is 4. The topological polar surface area (TPSA) is 51.0 Å². The van der Waals surface area contributed by atoms with Crippen LogP contribution in [0.3, 0.4) is 0 Å². The van der Waals surface area contributed by atoms with Crippen molar-refractivity contribution in [2.75, 3.05) is 19.6 Å². The van der Waals surface area contributed by atoms with E-state index in [1.807, 2.05) is 54.8 Å². The van der Waals surface area contributed by atoms with Crippen LogP contribution < -0.4 is 0 Å². The molecule has 1 aliphatic heterocycles. The number of aromatic nitrogens is 3. The van der Waals surface area contributed by atoms with E-state index in [0.717, 1.165) is 34.4 Å². The molecule has 3 heterocycles. The summed E-state index contributed by atoms with van der Waals surface area (Å²) in [6, 6.07) is 8.00. The highest BCUT2D eigenvalue weighted by molar-refractivity contribution is 5.92. The first-order valence-corrected chi connectivity index (χ1v) is 9.21. The van der Waals surface area contributed by atoms with Crippen molar-refractivity contribution >= 4 is 16.6 Å². The van der Waals surface area contributed by atoms with Gasteiger partial charge in [0.25, 0.3) is 0 Å². The van der Waals surface area contributed by atoms with Crippen molar-refractivity contribution in [2.45, 2.75) is 25.9 Å². The molecule has 0 aliphatic carbocycles. The summed E-state index contributed by atoms with van der Waals surface area (Å²) in [6.07, 6.45) is 3.63. The van der Waals surface area contributed by atoms with Crippen LogP contribution in [0.15, 0.2) is 36.7 Å². The van der Waals surface area contributed by atoms with Crippen molar-refractivity contribution in [3.63, 3.8) is 0 Å². The molecular weight excluding hydrogens is 343 g/mol. The second-order valence-corrected chi connectivity index (χ2v) is 7.36. The van der Waals surface area contributed by atoms with E-state index in [9.17, 15) is 9.18 Å². The fourth-order valence-electron chi connectivity index (χ4n) is 3.60. The molecule has 1 saturated heterocycles. The van der Waals surface area contributed by atoms with Crippen molar-refractivity contribution in [3.8, 4) is 11.3 Å². The summed E-state index contributed by atoms with van der Waals surface area (Å²) in [6.45, 7) is 5.09. The van der Waals surface area contributed by atoms with E-state index in [1.54, 1.807) is 6.20 Å². The minimum atomic E-state index is -1.72. The minimum Gasteiger partial charge on any atom is -0.331 e. The van der Waals surface area contributed by atoms with Crippen molar-refractivity contribution < 1.29 is 9.18 Å². The van der Waals surface area contributed by atoms with Gasteiger partial charge in [0.05, 0.1) is 18.3 Å². The van der Waals surface area contributed by atoms with Crippen LogP contribution in [0, 0.1) is 6.92 Å². The predicted molar refractivity (Wildman–Crippen MR) is 103 cm³/mol. The zero-order valence-corrected chi connectivity index (χ0v) is 15.9. The number of halogens is 1. The van der Waals surface area contributed by atoms with Gasteiger partial charge >= 0.3 is 0 Å². The van der Waals surface area contributed by atoms with Crippen LogP contribution in [0.2, 0.25) is 0 Å². The number of hydrogen-bond acceptors (Lipinski definition) is 4. The molecule has 0 N–H and O–H groups in total. The van der Waals surface area contributed by atoms with Gasteiger partial charge in [-0.3, -0.25) is 14.7 Å². The molecule has 1 aromatic carbocycles. The summed E-state index contributed by atoms with van der Waals surface area (Å²) >= 11 is 0. The molecule has 0 bridgehead atoms. The normalized spacial score (nSPS) is 16.4. The average molecular weight is 366 g/mol. The maximum Gasteiger partial charge on any atom is 0.194 e. The smallest absolute Gasteiger partial charge is 0.194 e. The SMILES string of the molecule is CCN1CC(F)(C(=O)Cc2cc3cc(-c4cnc(C)n4C)ccc3cn2)C1. The number of rotatable bonds is 5. The number of Topliss-reactive ketones (excluding diaryl/α,β-unsaturated/α-hetero) is 1. The number of alkyl halides is 1. The van der Waals surface area contributed by atoms with Crippen LogP contribution in [0.4, 0.5) is 4.39 Å². The molecule has 140 valence electrons. The lowest BCUT2D eigenvalue weighted by molar-refractivity contribution is -0.141. The number of pyridine rings is 1. The van der Waals surface area contributed by atoms with Gasteiger partial charge in [0, 0.05) is 43.0 Å². The van der Waals surface area contributed by atoms with Crippen LogP contribution in [-0.4, -0.2) is 50.5 Å². The largest absolute Gasteiger partial charge is 0.331 e. The molecule has 0 spiro atoms. The quantitative estimate of drug-likeness (QED) is 0.696. The van der Waals surface area contributed by atoms with Crippen molar-refractivity contribution in [3.05, 3.63) is 48.2 Å². The molecule has 2 aromatic heterocycles. The predicted octanol–water partition coefficient (Wildman–Crippen LogP) is 3.10. The molecule has 5 nitrogen and oxygen atoms in total. The van der Waals surface area contributed by atoms with Gasteiger partial charge in [-0.2, -0.15) is 0 Å². The Kier molecular flexibility index (Phi) is 4.30. The highest BCUT2D eigenvalue weighted by Gasteiger charge is 2.48. The van der Waals surface area contributed by atoms with Gasteiger partial charge in [-0.15, -0.1) is 0 Å². The number of carbonyl (C=O) groups excluding carboxylic acids is 1. The molecule has 0 unspecified atom stereocenters. The van der Waals surface area contributed by atoms with E-state index < -0.39 is 5.67 Å². The highest BCUT2D eigenvalue weighted by atomic mass is 19.1. The Balaban J connectivity index is 1.60. The molecule has 0 saturated carbocycles. The Morgan fingerprint density at radius 3 is 2.63 bits per heavy atom. The fourth-order valence-corrected chi connectivity index (χ4v) is 3.60. The summed E-state index contributed by atoms with van der Waals surface area (Å²) in [4.78, 5) is 23.0. The Labute approximate surface area is 157 Å². The Morgan fingerprint density at radius 2 is 1.96 bits per heavy atom. The van der Waals surface area contributed by atoms with Gasteiger partial charge in [0.15, 0.2) is 11.5 Å². The number of aryl methyl sites for hydroxylation is 1. The summed E-state index contributed by atoms with van der Waals surface area (Å²) < 4.78 is 16.7. The van der Waals surface area contributed by atoms with Crippen LogP contribution in [0.1, 0.15) is 18.4 Å². The molecule has 0 atom stereocenters. The summed E-state index contributed by atoms with van der Waals surface area (Å²) in [5.41, 5.74) is 0.966. The second kappa shape index (κ2) is 6.53. The average Bonchev–Trinajstić information content (AvgIpc) is 2.97. The molecule has 0 radical (unpaired) electrons. The number of fused-ring (bicyclic) bond motifs is 1. The van der Waals surface area contributed by atoms with E-state index in [4.69, 9.17) is 0 Å². The number of benzene rings is 1. The zero-order valence-electron chi connectivity index (χ0n) is 15.9. The highest BCUT2D eigenvalue weighted by Crippen LogP contribution is 2.28. The maximum atomic E-state index is 14.6. The number of hydrogen-bond donors (Lipinski definition) is 0. The Bertz CT molecular complexity index is 1020. The second-order valence-electron chi connectivity index (χ2n) is 7.36. The van der Waals surface area contributed by atoms with Gasteiger partial charge in [-0.05, 0) is 31.0 Å². The van der Waals surface area contributed by atoms with Crippen LogP contribution >= 0.6 is 0 Å². The van der Waals surface area contributed by atoms with E-state index in [1.165, 1.54) is 0 Å². The third-order valence-corrected chi connectivity index (χ3v) is 5.53. The Morgan fingerprint density at radius 1 is 1.19 bits per heavy atom. The number of imidazole rings is 1. The minimum absolute atomic E-state index is 0.0268. The van der Waals surface area contributed by atoms with Crippen LogP contribution in [-0.2, 0) is 18.3 Å². The van der Waals surface area contributed by atoms with E-state index in [-0.39, 0.29) is 25.3 Å². The third kappa shape index (κ3) is 3.14. The summed E-state index contributed by atoms with van der Waals surface area (Å²) in [5, 5.41) is 1.98. The third-order valence-electron chi connectivity index (χ3n) is 5.53. The van der Waals surface area contributed by atoms with Gasteiger partial charge in [0.2, 0.25) is 0 Å². The molecule has 1 fully saturated rings. The summed E-state index contributed by atoms with van der Waals surface area (Å²) in [7, 11) is 1.98. The monoisotopic (exact) mass is 366 g/mol. The molecule has 6 heteroatoms. The van der Waals surface area contributed by atoms with Gasteiger partial charge in [-0.1, -0.05) is 19.1 Å². The lowest BCUT2D eigenvalue weighted by Gasteiger charge is -2.42. The molecule has 3 aromatic rings. The lowest BCUT2D eigenvalue weighted by atomic mass is 9.88. The van der Waals surface area contributed by atoms with Crippen molar-refractivity contribution in [2.24, 2.45) is 7.05 Å². The van der Waals surface area contributed by atoms with Crippen LogP contribution in [0.5, 0.6) is 0 Å². The first kappa shape index (κ1) is 17.8. The number of carbonyl (C=O) groups is 1. The van der Waals surface area contributed by atoms with E-state index >= 15 is 0 Å². The molecule has 27 heavy (non-hydrogen) atoms. The zero-order chi connectivity index (χ0) is 19.2. The molecular formula is C21H23FN4O. The molecule has 4 rings (SSSR count). The maximum absolute atomic E-state index is 14.6. The van der Waals surface area contributed by atoms with Gasteiger partial charge in [-0.25, -0.2) is 9.37 Å². The first-order chi connectivity index (χ1) is 12.9. The van der Waals surface area contributed by atoms with Crippen molar-refractivity contribution in [1.82, 2.24) is 19.4 Å². The van der Waals surface area contributed by atoms with Gasteiger partial charge < -0.3 is 4.57 Å². The van der Waals surface area contributed by atoms with E-state index in [2.05, 4.69) is 16.0 Å². The molecule has 0 amide bonds. The number of ketones is 1. The number of likely N-dealkylation sites (tertiary alicyclic amines) is 1.